The summed E-state index contributed by atoms with van der Waals surface area (Å²) >= 11 is 1.47. The van der Waals surface area contributed by atoms with Gasteiger partial charge >= 0.3 is 0 Å². The molecule has 1 saturated heterocycles. The standard InChI is InChI=1S/C19H25N5O2S/c1-23-7-9-24(10-8-23)17-3-2-15(12-21-17)13-22-18(25)4-6-20-19(26)16-5-11-27-14-16/h2-3,5,11-12,14H,4,6-10,13H2,1H3,(H,20,26)(H,22,25). The van der Waals surface area contributed by atoms with Gasteiger partial charge in [0.25, 0.3) is 5.91 Å². The highest BCUT2D eigenvalue weighted by molar-refractivity contribution is 7.08. The van der Waals surface area contributed by atoms with E-state index in [4.69, 9.17) is 0 Å². The van der Waals surface area contributed by atoms with Gasteiger partial charge in [0, 0.05) is 62.8 Å². The van der Waals surface area contributed by atoms with Gasteiger partial charge in [-0.3, -0.25) is 9.59 Å². The fraction of sp³-hybridized carbons (Fsp3) is 0.421. The highest BCUT2D eigenvalue weighted by atomic mass is 32.1. The molecule has 2 N–H and O–H groups in total. The van der Waals surface area contributed by atoms with E-state index < -0.39 is 0 Å². The summed E-state index contributed by atoms with van der Waals surface area (Å²) in [5.74, 6) is 0.742. The molecule has 3 heterocycles. The van der Waals surface area contributed by atoms with E-state index in [2.05, 4.69) is 32.5 Å². The summed E-state index contributed by atoms with van der Waals surface area (Å²) in [4.78, 5) is 32.8. The summed E-state index contributed by atoms with van der Waals surface area (Å²) in [5.41, 5.74) is 1.59. The van der Waals surface area contributed by atoms with Gasteiger partial charge < -0.3 is 20.4 Å². The molecule has 1 fully saturated rings. The molecular formula is C19H25N5O2S. The van der Waals surface area contributed by atoms with Crippen molar-refractivity contribution in [3.05, 3.63) is 46.3 Å². The average Bonchev–Trinajstić information content (AvgIpc) is 3.22. The highest BCUT2D eigenvalue weighted by Crippen LogP contribution is 2.13. The largest absolute Gasteiger partial charge is 0.354 e. The number of carbonyl (C=O) groups is 2. The Balaban J connectivity index is 1.36. The summed E-state index contributed by atoms with van der Waals surface area (Å²) in [7, 11) is 2.13. The van der Waals surface area contributed by atoms with Crippen molar-refractivity contribution < 1.29 is 9.59 Å². The molecular weight excluding hydrogens is 362 g/mol. The Morgan fingerprint density at radius 1 is 1.15 bits per heavy atom. The minimum atomic E-state index is -0.146. The summed E-state index contributed by atoms with van der Waals surface area (Å²) in [5, 5.41) is 9.25. The quantitative estimate of drug-likeness (QED) is 0.750. The Morgan fingerprint density at radius 2 is 1.96 bits per heavy atom. The lowest BCUT2D eigenvalue weighted by Crippen LogP contribution is -2.44. The molecule has 0 atom stereocenters. The van der Waals surface area contributed by atoms with Crippen LogP contribution in [0.4, 0.5) is 5.82 Å². The highest BCUT2D eigenvalue weighted by Gasteiger charge is 2.15. The molecule has 8 heteroatoms. The number of likely N-dealkylation sites (N-methyl/N-ethyl adjacent to an activating group) is 1. The van der Waals surface area contributed by atoms with E-state index in [1.807, 2.05) is 23.7 Å². The molecule has 0 spiro atoms. The number of piperazine rings is 1. The lowest BCUT2D eigenvalue weighted by atomic mass is 10.2. The number of nitrogens with zero attached hydrogens (tertiary/aromatic N) is 3. The van der Waals surface area contributed by atoms with Gasteiger partial charge in [-0.25, -0.2) is 4.98 Å². The Morgan fingerprint density at radius 3 is 2.63 bits per heavy atom. The summed E-state index contributed by atoms with van der Waals surface area (Å²) in [6, 6.07) is 5.77. The number of anilines is 1. The van der Waals surface area contributed by atoms with Crippen molar-refractivity contribution >= 4 is 29.0 Å². The van der Waals surface area contributed by atoms with Crippen LogP contribution >= 0.6 is 11.3 Å². The smallest absolute Gasteiger partial charge is 0.252 e. The van der Waals surface area contributed by atoms with Gasteiger partial charge in [0.15, 0.2) is 0 Å². The molecule has 0 aromatic carbocycles. The molecule has 27 heavy (non-hydrogen) atoms. The molecule has 1 aliphatic heterocycles. The van der Waals surface area contributed by atoms with Gasteiger partial charge in [-0.05, 0) is 30.1 Å². The molecule has 0 bridgehead atoms. The molecule has 2 aromatic rings. The normalized spacial score (nSPS) is 14.8. The Bertz CT molecular complexity index is 740. The number of pyridine rings is 1. The second-order valence-corrected chi connectivity index (χ2v) is 7.39. The molecule has 1 aliphatic rings. The number of rotatable bonds is 7. The minimum Gasteiger partial charge on any atom is -0.354 e. The molecule has 7 nitrogen and oxygen atoms in total. The number of thiophene rings is 1. The zero-order chi connectivity index (χ0) is 19.1. The van der Waals surface area contributed by atoms with Crippen LogP contribution in [-0.4, -0.2) is 61.5 Å². The van der Waals surface area contributed by atoms with Crippen LogP contribution < -0.4 is 15.5 Å². The van der Waals surface area contributed by atoms with Crippen LogP contribution in [0.2, 0.25) is 0 Å². The van der Waals surface area contributed by atoms with E-state index in [1.165, 1.54) is 11.3 Å². The first kappa shape index (κ1) is 19.3. The van der Waals surface area contributed by atoms with Gasteiger partial charge in [0.05, 0.1) is 0 Å². The van der Waals surface area contributed by atoms with Crippen LogP contribution in [0.5, 0.6) is 0 Å². The SMILES string of the molecule is CN1CCN(c2ccc(CNC(=O)CCNC(=O)c3ccsc3)cn2)CC1. The Kier molecular flexibility index (Phi) is 6.78. The number of amides is 2. The summed E-state index contributed by atoms with van der Waals surface area (Å²) < 4.78 is 0. The van der Waals surface area contributed by atoms with Crippen molar-refractivity contribution in [2.45, 2.75) is 13.0 Å². The number of carbonyl (C=O) groups excluding carboxylic acids is 2. The van der Waals surface area contributed by atoms with Gasteiger partial charge in [-0.15, -0.1) is 0 Å². The van der Waals surface area contributed by atoms with Gasteiger partial charge in [-0.2, -0.15) is 11.3 Å². The van der Waals surface area contributed by atoms with Crippen LogP contribution in [0.1, 0.15) is 22.3 Å². The first-order valence-electron chi connectivity index (χ1n) is 9.07. The zero-order valence-corrected chi connectivity index (χ0v) is 16.3. The van der Waals surface area contributed by atoms with Crippen LogP contribution in [0.25, 0.3) is 0 Å². The number of nitrogens with one attached hydrogen (secondary N) is 2. The van der Waals surface area contributed by atoms with E-state index >= 15 is 0 Å². The monoisotopic (exact) mass is 387 g/mol. The first-order chi connectivity index (χ1) is 13.1. The van der Waals surface area contributed by atoms with Gasteiger partial charge in [0.2, 0.25) is 5.91 Å². The lowest BCUT2D eigenvalue weighted by Gasteiger charge is -2.33. The van der Waals surface area contributed by atoms with Crippen LogP contribution in [0, 0.1) is 0 Å². The van der Waals surface area contributed by atoms with Crippen LogP contribution in [-0.2, 0) is 11.3 Å². The fourth-order valence-electron chi connectivity index (χ4n) is 2.82. The van der Waals surface area contributed by atoms with Crippen molar-refractivity contribution in [3.63, 3.8) is 0 Å². The lowest BCUT2D eigenvalue weighted by molar-refractivity contribution is -0.121. The predicted octanol–water partition coefficient (Wildman–Crippen LogP) is 1.33. The van der Waals surface area contributed by atoms with Crippen molar-refractivity contribution in [1.82, 2.24) is 20.5 Å². The van der Waals surface area contributed by atoms with Crippen molar-refractivity contribution in [3.8, 4) is 0 Å². The number of aromatic nitrogens is 1. The third-order valence-corrected chi connectivity index (χ3v) is 5.23. The Hall–Kier alpha value is -2.45. The Labute approximate surface area is 163 Å². The topological polar surface area (TPSA) is 77.6 Å². The zero-order valence-electron chi connectivity index (χ0n) is 15.5. The number of hydrogen-bond donors (Lipinski definition) is 2. The maximum atomic E-state index is 11.9. The molecule has 0 saturated carbocycles. The van der Waals surface area contributed by atoms with Crippen LogP contribution in [0.3, 0.4) is 0 Å². The molecule has 0 unspecified atom stereocenters. The average molecular weight is 388 g/mol. The predicted molar refractivity (Wildman–Crippen MR) is 107 cm³/mol. The molecule has 2 aromatic heterocycles. The molecule has 0 aliphatic carbocycles. The van der Waals surface area contributed by atoms with E-state index in [0.29, 0.717) is 18.7 Å². The fourth-order valence-corrected chi connectivity index (χ4v) is 3.45. The third-order valence-electron chi connectivity index (χ3n) is 4.55. The maximum absolute atomic E-state index is 11.9. The van der Waals surface area contributed by atoms with E-state index in [1.54, 1.807) is 11.4 Å². The second kappa shape index (κ2) is 9.48. The third kappa shape index (κ3) is 5.77. The van der Waals surface area contributed by atoms with E-state index in [-0.39, 0.29) is 18.2 Å². The van der Waals surface area contributed by atoms with E-state index in [0.717, 1.165) is 37.6 Å². The molecule has 3 rings (SSSR count). The second-order valence-electron chi connectivity index (χ2n) is 6.61. The summed E-state index contributed by atoms with van der Waals surface area (Å²) in [6.45, 7) is 4.81. The first-order valence-corrected chi connectivity index (χ1v) is 10.0. The van der Waals surface area contributed by atoms with Gasteiger partial charge in [-0.1, -0.05) is 6.07 Å². The molecule has 144 valence electrons. The van der Waals surface area contributed by atoms with Crippen molar-refractivity contribution in [2.24, 2.45) is 0 Å². The minimum absolute atomic E-state index is 0.0937. The molecule has 2 amide bonds. The van der Waals surface area contributed by atoms with Crippen molar-refractivity contribution in [1.29, 1.82) is 0 Å². The number of hydrogen-bond acceptors (Lipinski definition) is 6. The summed E-state index contributed by atoms with van der Waals surface area (Å²) in [6.07, 6.45) is 2.06. The van der Waals surface area contributed by atoms with E-state index in [9.17, 15) is 9.59 Å². The van der Waals surface area contributed by atoms with Gasteiger partial charge in [0.1, 0.15) is 5.82 Å². The molecule has 0 radical (unpaired) electrons. The van der Waals surface area contributed by atoms with Crippen molar-refractivity contribution in [2.75, 3.05) is 44.7 Å². The maximum Gasteiger partial charge on any atom is 0.252 e. The van der Waals surface area contributed by atoms with Crippen LogP contribution in [0.15, 0.2) is 35.2 Å².